The highest BCUT2D eigenvalue weighted by Gasteiger charge is 2.41. The fraction of sp³-hybridized carbons (Fsp3) is 0.417. The van der Waals surface area contributed by atoms with Crippen LogP contribution >= 0.6 is 0 Å². The number of anilines is 2. The zero-order valence-electron chi connectivity index (χ0n) is 20.4. The van der Waals surface area contributed by atoms with Gasteiger partial charge in [0.05, 0.1) is 9.85 Å². The fourth-order valence-corrected chi connectivity index (χ4v) is 5.02. The van der Waals surface area contributed by atoms with Gasteiger partial charge < -0.3 is 21.3 Å². The molecular formula is C24H30N6O6. The quantitative estimate of drug-likeness (QED) is 0.308. The second-order valence-electron chi connectivity index (χ2n) is 10.3. The number of rotatable bonds is 7. The first-order valence-electron chi connectivity index (χ1n) is 11.5. The first-order chi connectivity index (χ1) is 16.8. The van der Waals surface area contributed by atoms with Crippen LogP contribution in [-0.4, -0.2) is 34.5 Å². The number of hydrogen-bond donors (Lipinski definition) is 4. The lowest BCUT2D eigenvalue weighted by molar-refractivity contribution is -0.385. The van der Waals surface area contributed by atoms with Crippen LogP contribution < -0.4 is 21.3 Å². The molecule has 12 heteroatoms. The third kappa shape index (κ3) is 7.39. The van der Waals surface area contributed by atoms with Gasteiger partial charge in [-0.1, -0.05) is 20.8 Å². The van der Waals surface area contributed by atoms with E-state index in [-0.39, 0.29) is 28.2 Å². The molecule has 4 N–H and O–H groups in total. The van der Waals surface area contributed by atoms with Crippen molar-refractivity contribution in [2.24, 2.45) is 10.8 Å². The number of non-ortho nitro benzene ring substituents is 2. The second kappa shape index (κ2) is 10.6. The molecule has 0 unspecified atom stereocenters. The molecule has 36 heavy (non-hydrogen) atoms. The van der Waals surface area contributed by atoms with E-state index < -0.39 is 21.9 Å². The molecule has 192 valence electrons. The summed E-state index contributed by atoms with van der Waals surface area (Å²) in [7, 11) is 0. The smallest absolute Gasteiger partial charge is 0.319 e. The van der Waals surface area contributed by atoms with Crippen LogP contribution in [0, 0.1) is 31.1 Å². The molecule has 0 aliphatic heterocycles. The summed E-state index contributed by atoms with van der Waals surface area (Å²) < 4.78 is 0. The molecule has 0 radical (unpaired) electrons. The molecule has 2 atom stereocenters. The third-order valence-electron chi connectivity index (χ3n) is 6.13. The van der Waals surface area contributed by atoms with E-state index in [0.29, 0.717) is 24.3 Å². The van der Waals surface area contributed by atoms with Crippen molar-refractivity contribution in [3.63, 3.8) is 0 Å². The molecule has 2 aromatic carbocycles. The Balaban J connectivity index is 1.55. The summed E-state index contributed by atoms with van der Waals surface area (Å²) >= 11 is 0. The number of nitro benzene ring substituents is 2. The summed E-state index contributed by atoms with van der Waals surface area (Å²) in [6.45, 7) is 6.66. The first kappa shape index (κ1) is 26.4. The molecule has 0 spiro atoms. The first-order valence-corrected chi connectivity index (χ1v) is 11.5. The second-order valence-corrected chi connectivity index (χ2v) is 10.3. The SMILES string of the molecule is CC1(C)C[C@@H](NC(=O)Nc2ccc([N+](=O)[O-])cc2)C[C@@](C)(CNC(=O)Nc2ccc([N+](=O)[O-])cc2)C1. The monoisotopic (exact) mass is 498 g/mol. The van der Waals surface area contributed by atoms with Gasteiger partial charge in [-0.2, -0.15) is 0 Å². The number of carbonyl (C=O) groups is 2. The molecular weight excluding hydrogens is 468 g/mol. The number of nitrogens with one attached hydrogen (secondary N) is 4. The van der Waals surface area contributed by atoms with Crippen molar-refractivity contribution in [3.8, 4) is 0 Å². The summed E-state index contributed by atoms with van der Waals surface area (Å²) in [5.41, 5.74) is 0.384. The maximum Gasteiger partial charge on any atom is 0.319 e. The van der Waals surface area contributed by atoms with Crippen molar-refractivity contribution in [2.45, 2.75) is 46.1 Å². The van der Waals surface area contributed by atoms with Crippen molar-refractivity contribution < 1.29 is 19.4 Å². The van der Waals surface area contributed by atoms with Gasteiger partial charge in [0.2, 0.25) is 0 Å². The average Bonchev–Trinajstić information content (AvgIpc) is 2.77. The van der Waals surface area contributed by atoms with Crippen molar-refractivity contribution in [3.05, 3.63) is 68.8 Å². The Kier molecular flexibility index (Phi) is 7.76. The van der Waals surface area contributed by atoms with Crippen LogP contribution in [0.3, 0.4) is 0 Å². The summed E-state index contributed by atoms with van der Waals surface area (Å²) in [4.78, 5) is 45.6. The fourth-order valence-electron chi connectivity index (χ4n) is 5.02. The molecule has 1 aliphatic carbocycles. The molecule has 0 saturated heterocycles. The number of benzene rings is 2. The topological polar surface area (TPSA) is 169 Å². The Bertz CT molecular complexity index is 1130. The zero-order valence-corrected chi connectivity index (χ0v) is 20.4. The van der Waals surface area contributed by atoms with Crippen molar-refractivity contribution in [2.75, 3.05) is 17.2 Å². The van der Waals surface area contributed by atoms with Gasteiger partial charge in [0.15, 0.2) is 0 Å². The number of nitrogens with zero attached hydrogens (tertiary/aromatic N) is 2. The number of hydrogen-bond acceptors (Lipinski definition) is 6. The van der Waals surface area contributed by atoms with E-state index in [1.54, 1.807) is 0 Å². The maximum atomic E-state index is 12.6. The van der Waals surface area contributed by atoms with Gasteiger partial charge in [-0.05, 0) is 54.4 Å². The van der Waals surface area contributed by atoms with Gasteiger partial charge in [-0.3, -0.25) is 20.2 Å². The lowest BCUT2D eigenvalue weighted by atomic mass is 9.62. The molecule has 1 saturated carbocycles. The van der Waals surface area contributed by atoms with E-state index in [4.69, 9.17) is 0 Å². The normalized spacial score (nSPS) is 20.6. The summed E-state index contributed by atoms with van der Waals surface area (Å²) in [6.07, 6.45) is 2.23. The molecule has 1 fully saturated rings. The van der Waals surface area contributed by atoms with Gasteiger partial charge in [0.1, 0.15) is 0 Å². The van der Waals surface area contributed by atoms with Crippen LogP contribution in [-0.2, 0) is 0 Å². The number of amides is 4. The predicted octanol–water partition coefficient (Wildman–Crippen LogP) is 5.03. The zero-order chi connectivity index (χ0) is 26.5. The average molecular weight is 499 g/mol. The van der Waals surface area contributed by atoms with Crippen molar-refractivity contribution >= 4 is 34.8 Å². The molecule has 12 nitrogen and oxygen atoms in total. The maximum absolute atomic E-state index is 12.6. The van der Waals surface area contributed by atoms with Gasteiger partial charge >= 0.3 is 12.1 Å². The van der Waals surface area contributed by atoms with Crippen LogP contribution in [0.4, 0.5) is 32.3 Å². The van der Waals surface area contributed by atoms with E-state index in [1.807, 2.05) is 0 Å². The molecule has 0 heterocycles. The Hall–Kier alpha value is -4.22. The molecule has 2 aromatic rings. The van der Waals surface area contributed by atoms with Crippen molar-refractivity contribution in [1.82, 2.24) is 10.6 Å². The summed E-state index contributed by atoms with van der Waals surface area (Å²) in [5, 5.41) is 32.8. The van der Waals surface area contributed by atoms with E-state index in [9.17, 15) is 29.8 Å². The largest absolute Gasteiger partial charge is 0.337 e. The highest BCUT2D eigenvalue weighted by Crippen LogP contribution is 2.45. The molecule has 0 bridgehead atoms. The third-order valence-corrected chi connectivity index (χ3v) is 6.13. The van der Waals surface area contributed by atoms with Gasteiger partial charge in [-0.25, -0.2) is 9.59 Å². The standard InChI is InChI=1S/C24H30N6O6/c1-23(2)12-18(28-22(32)27-17-6-10-20(11-7-17)30(35)36)13-24(3,14-23)15-25-21(31)26-16-4-8-19(9-5-16)29(33)34/h4-11,18H,12-15H2,1-3H3,(H2,25,26,31)(H2,27,28,32)/t18-,24-/m1/s1. The van der Waals surface area contributed by atoms with Crippen LogP contribution in [0.25, 0.3) is 0 Å². The number of carbonyl (C=O) groups excluding carboxylic acids is 2. The number of urea groups is 2. The lowest BCUT2D eigenvalue weighted by Crippen LogP contribution is -2.51. The minimum atomic E-state index is -0.508. The Morgan fingerprint density at radius 2 is 1.31 bits per heavy atom. The Morgan fingerprint density at radius 1 is 0.833 bits per heavy atom. The highest BCUT2D eigenvalue weighted by atomic mass is 16.6. The van der Waals surface area contributed by atoms with Crippen LogP contribution in [0.5, 0.6) is 0 Å². The minimum Gasteiger partial charge on any atom is -0.337 e. The van der Waals surface area contributed by atoms with Crippen LogP contribution in [0.1, 0.15) is 40.0 Å². The minimum absolute atomic E-state index is 0.0594. The molecule has 3 rings (SSSR count). The Morgan fingerprint density at radius 3 is 1.78 bits per heavy atom. The van der Waals surface area contributed by atoms with E-state index in [0.717, 1.165) is 12.8 Å². The van der Waals surface area contributed by atoms with Gasteiger partial charge in [0.25, 0.3) is 11.4 Å². The van der Waals surface area contributed by atoms with Gasteiger partial charge in [-0.15, -0.1) is 0 Å². The van der Waals surface area contributed by atoms with Crippen LogP contribution in [0.2, 0.25) is 0 Å². The molecule has 0 aromatic heterocycles. The van der Waals surface area contributed by atoms with Crippen molar-refractivity contribution in [1.29, 1.82) is 0 Å². The molecule has 1 aliphatic rings. The van der Waals surface area contributed by atoms with E-state index in [1.165, 1.54) is 48.5 Å². The van der Waals surface area contributed by atoms with Gasteiger partial charge in [0, 0.05) is 48.2 Å². The van der Waals surface area contributed by atoms with E-state index in [2.05, 4.69) is 42.0 Å². The van der Waals surface area contributed by atoms with E-state index >= 15 is 0 Å². The van der Waals surface area contributed by atoms with Crippen LogP contribution in [0.15, 0.2) is 48.5 Å². The highest BCUT2D eigenvalue weighted by molar-refractivity contribution is 5.90. The lowest BCUT2D eigenvalue weighted by Gasteiger charge is -2.46. The predicted molar refractivity (Wildman–Crippen MR) is 135 cm³/mol. The summed E-state index contributed by atoms with van der Waals surface area (Å²) in [5.74, 6) is 0. The molecule has 4 amide bonds. The number of nitro groups is 2. The Labute approximate surface area is 208 Å². The summed E-state index contributed by atoms with van der Waals surface area (Å²) in [6, 6.07) is 10.2.